The van der Waals surface area contributed by atoms with Crippen molar-refractivity contribution in [1.29, 1.82) is 0 Å². The largest absolute Gasteiger partial charge is 0.319 e. The summed E-state index contributed by atoms with van der Waals surface area (Å²) in [4.78, 5) is 1.40. The molecule has 1 aliphatic rings. The molecule has 1 heterocycles. The Morgan fingerprint density at radius 3 is 2.27 bits per heavy atom. The summed E-state index contributed by atoms with van der Waals surface area (Å²) in [6, 6.07) is 0.321. The van der Waals surface area contributed by atoms with Crippen LogP contribution in [0.4, 0.5) is 17.6 Å². The van der Waals surface area contributed by atoms with Crippen molar-refractivity contribution in [3.8, 4) is 0 Å². The summed E-state index contributed by atoms with van der Waals surface area (Å²) >= 11 is 0. The predicted molar refractivity (Wildman–Crippen MR) is 49.5 cm³/mol. The van der Waals surface area contributed by atoms with Gasteiger partial charge in [0.1, 0.15) is 0 Å². The van der Waals surface area contributed by atoms with Crippen molar-refractivity contribution in [3.63, 3.8) is 0 Å². The van der Waals surface area contributed by atoms with Gasteiger partial charge in [-0.1, -0.05) is 0 Å². The molecule has 1 N–H and O–H groups in total. The van der Waals surface area contributed by atoms with Gasteiger partial charge < -0.3 is 5.32 Å². The van der Waals surface area contributed by atoms with Crippen LogP contribution in [0.5, 0.6) is 0 Å². The molecule has 1 fully saturated rings. The number of alkyl halides is 4. The molecule has 0 bridgehead atoms. The van der Waals surface area contributed by atoms with E-state index in [4.69, 9.17) is 0 Å². The minimum absolute atomic E-state index is 0.321. The van der Waals surface area contributed by atoms with Gasteiger partial charge in [-0.25, -0.2) is 8.78 Å². The Balaban J connectivity index is 2.35. The highest BCUT2D eigenvalue weighted by Crippen LogP contribution is 2.25. The number of rotatable bonds is 4. The second-order valence-corrected chi connectivity index (χ2v) is 3.90. The Labute approximate surface area is 86.6 Å². The Hall–Kier alpha value is -0.360. The predicted octanol–water partition coefficient (Wildman–Crippen LogP) is 1.57. The normalized spacial score (nSPS) is 21.2. The Kier molecular flexibility index (Phi) is 4.33. The number of halogens is 4. The van der Waals surface area contributed by atoms with Crippen molar-refractivity contribution >= 4 is 0 Å². The number of likely N-dealkylation sites (tertiary alicyclic amines) is 1. The van der Waals surface area contributed by atoms with E-state index in [1.165, 1.54) is 4.90 Å². The van der Waals surface area contributed by atoms with E-state index in [9.17, 15) is 17.6 Å². The van der Waals surface area contributed by atoms with Crippen LogP contribution in [-0.2, 0) is 0 Å². The lowest BCUT2D eigenvalue weighted by molar-refractivity contribution is -0.143. The van der Waals surface area contributed by atoms with Crippen molar-refractivity contribution in [2.24, 2.45) is 0 Å². The van der Waals surface area contributed by atoms with Crippen LogP contribution in [0.15, 0.2) is 0 Å². The lowest BCUT2D eigenvalue weighted by Crippen LogP contribution is -2.47. The summed E-state index contributed by atoms with van der Waals surface area (Å²) in [5, 5.41) is 3.05. The summed E-state index contributed by atoms with van der Waals surface area (Å²) in [7, 11) is 1.81. The number of nitrogens with one attached hydrogen (secondary N) is 1. The molecule has 0 radical (unpaired) electrons. The summed E-state index contributed by atoms with van der Waals surface area (Å²) < 4.78 is 49.2. The number of nitrogens with zero attached hydrogens (tertiary/aromatic N) is 1. The second kappa shape index (κ2) is 5.12. The van der Waals surface area contributed by atoms with Crippen LogP contribution in [0.1, 0.15) is 12.8 Å². The minimum Gasteiger partial charge on any atom is -0.317 e. The van der Waals surface area contributed by atoms with E-state index in [2.05, 4.69) is 5.32 Å². The van der Waals surface area contributed by atoms with E-state index in [1.54, 1.807) is 0 Å². The lowest BCUT2D eigenvalue weighted by atomic mass is 10.1. The van der Waals surface area contributed by atoms with Gasteiger partial charge in [-0.15, -0.1) is 0 Å². The Morgan fingerprint density at radius 2 is 1.87 bits per heavy atom. The van der Waals surface area contributed by atoms with Gasteiger partial charge in [-0.05, 0) is 33.0 Å². The fourth-order valence-electron chi connectivity index (χ4n) is 1.75. The van der Waals surface area contributed by atoms with Crippen LogP contribution in [0, 0.1) is 0 Å². The summed E-state index contributed by atoms with van der Waals surface area (Å²) in [5.74, 6) is -3.88. The smallest absolute Gasteiger partial charge is 0.317 e. The van der Waals surface area contributed by atoms with Gasteiger partial charge in [0.2, 0.25) is 0 Å². The third-order valence-corrected chi connectivity index (χ3v) is 2.75. The highest BCUT2D eigenvalue weighted by atomic mass is 19.3. The average molecular weight is 228 g/mol. The standard InChI is InChI=1S/C9H16F4N2/c1-14-7-2-4-15(5-3-7)6-9(12,13)8(10)11/h7-8,14H,2-6H2,1H3. The molecule has 90 valence electrons. The molecule has 0 aromatic carbocycles. The molecule has 6 heteroatoms. The first kappa shape index (κ1) is 12.7. The van der Waals surface area contributed by atoms with Gasteiger partial charge in [0, 0.05) is 6.04 Å². The van der Waals surface area contributed by atoms with Gasteiger partial charge in [0.05, 0.1) is 6.54 Å². The maximum Gasteiger partial charge on any atom is 0.319 e. The molecule has 0 spiro atoms. The van der Waals surface area contributed by atoms with Crippen molar-refractivity contribution in [2.75, 3.05) is 26.7 Å². The van der Waals surface area contributed by atoms with Crippen LogP contribution in [0.25, 0.3) is 0 Å². The topological polar surface area (TPSA) is 15.3 Å². The molecule has 1 rings (SSSR count). The number of piperidine rings is 1. The maximum atomic E-state index is 12.7. The molecule has 0 amide bonds. The zero-order chi connectivity index (χ0) is 11.5. The first-order valence-electron chi connectivity index (χ1n) is 5.01. The van der Waals surface area contributed by atoms with E-state index in [-0.39, 0.29) is 0 Å². The van der Waals surface area contributed by atoms with Crippen molar-refractivity contribution in [1.82, 2.24) is 10.2 Å². The number of hydrogen-bond acceptors (Lipinski definition) is 2. The van der Waals surface area contributed by atoms with Gasteiger partial charge in [0.25, 0.3) is 0 Å². The fraction of sp³-hybridized carbons (Fsp3) is 1.00. The van der Waals surface area contributed by atoms with Gasteiger partial charge >= 0.3 is 12.3 Å². The first-order chi connectivity index (χ1) is 6.95. The van der Waals surface area contributed by atoms with E-state index in [0.29, 0.717) is 19.1 Å². The molecular formula is C9H16F4N2. The summed E-state index contributed by atoms with van der Waals surface area (Å²) in [5.41, 5.74) is 0. The van der Waals surface area contributed by atoms with Crippen molar-refractivity contribution < 1.29 is 17.6 Å². The van der Waals surface area contributed by atoms with E-state index in [1.807, 2.05) is 7.05 Å². The quantitative estimate of drug-likeness (QED) is 0.735. The molecule has 0 atom stereocenters. The van der Waals surface area contributed by atoms with Crippen LogP contribution >= 0.6 is 0 Å². The molecule has 1 saturated heterocycles. The molecule has 0 aromatic heterocycles. The Bertz CT molecular complexity index is 191. The van der Waals surface area contributed by atoms with Crippen LogP contribution in [0.3, 0.4) is 0 Å². The van der Waals surface area contributed by atoms with E-state index >= 15 is 0 Å². The fourth-order valence-corrected chi connectivity index (χ4v) is 1.75. The summed E-state index contributed by atoms with van der Waals surface area (Å²) in [6.45, 7) is 0.0722. The van der Waals surface area contributed by atoms with Gasteiger partial charge in [-0.3, -0.25) is 4.90 Å². The van der Waals surface area contributed by atoms with Gasteiger partial charge in [-0.2, -0.15) is 8.78 Å². The van der Waals surface area contributed by atoms with E-state index in [0.717, 1.165) is 12.8 Å². The van der Waals surface area contributed by atoms with Crippen LogP contribution < -0.4 is 5.32 Å². The highest BCUT2D eigenvalue weighted by Gasteiger charge is 2.42. The van der Waals surface area contributed by atoms with Crippen molar-refractivity contribution in [2.45, 2.75) is 31.2 Å². The minimum atomic E-state index is -3.88. The zero-order valence-electron chi connectivity index (χ0n) is 8.65. The summed E-state index contributed by atoms with van der Waals surface area (Å²) in [6.07, 6.45) is -2.11. The SMILES string of the molecule is CNC1CCN(CC(F)(F)C(F)F)CC1. The molecule has 15 heavy (non-hydrogen) atoms. The first-order valence-corrected chi connectivity index (χ1v) is 5.01. The number of hydrogen-bond donors (Lipinski definition) is 1. The molecule has 2 nitrogen and oxygen atoms in total. The third kappa shape index (κ3) is 3.61. The molecule has 0 saturated carbocycles. The molecule has 0 aromatic rings. The lowest BCUT2D eigenvalue weighted by Gasteiger charge is -2.33. The second-order valence-electron chi connectivity index (χ2n) is 3.90. The van der Waals surface area contributed by atoms with Gasteiger partial charge in [0.15, 0.2) is 0 Å². The van der Waals surface area contributed by atoms with E-state index < -0.39 is 18.9 Å². The zero-order valence-corrected chi connectivity index (χ0v) is 8.65. The highest BCUT2D eigenvalue weighted by molar-refractivity contribution is 4.81. The molecular weight excluding hydrogens is 212 g/mol. The van der Waals surface area contributed by atoms with Crippen molar-refractivity contribution in [3.05, 3.63) is 0 Å². The molecule has 0 aliphatic carbocycles. The maximum absolute atomic E-state index is 12.7. The molecule has 0 unspecified atom stereocenters. The molecule has 1 aliphatic heterocycles. The Morgan fingerprint density at radius 1 is 1.33 bits per heavy atom. The monoisotopic (exact) mass is 228 g/mol. The van der Waals surface area contributed by atoms with Crippen LogP contribution in [0.2, 0.25) is 0 Å². The third-order valence-electron chi connectivity index (χ3n) is 2.75. The van der Waals surface area contributed by atoms with Crippen LogP contribution in [-0.4, -0.2) is 50.0 Å². The average Bonchev–Trinajstić information content (AvgIpc) is 2.18.